The van der Waals surface area contributed by atoms with Crippen molar-refractivity contribution in [1.29, 1.82) is 0 Å². The Hall–Kier alpha value is -0.370. The molecule has 0 aliphatic heterocycles. The number of nitrogens with one attached hydrogen (secondary N) is 1. The van der Waals surface area contributed by atoms with E-state index in [0.29, 0.717) is 6.61 Å². The predicted molar refractivity (Wildman–Crippen MR) is 61.5 cm³/mol. The van der Waals surface area contributed by atoms with E-state index in [9.17, 15) is 18.3 Å². The fraction of sp³-hybridized carbons (Fsp3) is 1.00. The molecule has 0 saturated carbocycles. The van der Waals surface area contributed by atoms with Gasteiger partial charge in [-0.25, -0.2) is 0 Å². The van der Waals surface area contributed by atoms with Crippen LogP contribution in [0, 0.1) is 0 Å². The molecule has 7 heteroatoms. The average Bonchev–Trinajstić information content (AvgIpc) is 2.28. The van der Waals surface area contributed by atoms with Gasteiger partial charge in [-0.15, -0.1) is 0 Å². The van der Waals surface area contributed by atoms with E-state index in [1.54, 1.807) is 0 Å². The van der Waals surface area contributed by atoms with Gasteiger partial charge in [-0.05, 0) is 6.42 Å². The third-order valence-electron chi connectivity index (χ3n) is 2.02. The van der Waals surface area contributed by atoms with Gasteiger partial charge in [-0.3, -0.25) is 0 Å². The first-order valence-corrected chi connectivity index (χ1v) is 6.06. The van der Waals surface area contributed by atoms with E-state index < -0.39 is 18.9 Å². The molecule has 0 amide bonds. The molecule has 0 aromatic heterocycles. The summed E-state index contributed by atoms with van der Waals surface area (Å²) < 4.78 is 44.7. The van der Waals surface area contributed by atoms with Crippen LogP contribution < -0.4 is 5.32 Å². The van der Waals surface area contributed by atoms with Crippen molar-refractivity contribution in [3.63, 3.8) is 0 Å². The fourth-order valence-electron chi connectivity index (χ4n) is 1.13. The van der Waals surface area contributed by atoms with Gasteiger partial charge in [-0.1, -0.05) is 13.3 Å². The summed E-state index contributed by atoms with van der Waals surface area (Å²) in [5.74, 6) is 0. The van der Waals surface area contributed by atoms with Gasteiger partial charge in [0.1, 0.15) is 6.61 Å². The quantitative estimate of drug-likeness (QED) is 0.558. The van der Waals surface area contributed by atoms with Crippen LogP contribution in [0.4, 0.5) is 13.2 Å². The summed E-state index contributed by atoms with van der Waals surface area (Å²) in [6.45, 7) is 2.16. The molecule has 0 aliphatic rings. The first-order valence-electron chi connectivity index (χ1n) is 6.06. The number of halogens is 3. The summed E-state index contributed by atoms with van der Waals surface area (Å²) in [6.07, 6.45) is -2.95. The van der Waals surface area contributed by atoms with E-state index in [1.807, 2.05) is 6.92 Å². The molecule has 0 aromatic rings. The smallest absolute Gasteiger partial charge is 0.389 e. The van der Waals surface area contributed by atoms with Crippen LogP contribution in [0.3, 0.4) is 0 Å². The van der Waals surface area contributed by atoms with Crippen LogP contribution >= 0.6 is 0 Å². The third kappa shape index (κ3) is 13.7. The molecule has 0 bridgehead atoms. The monoisotopic (exact) mass is 273 g/mol. The number of hydrogen-bond acceptors (Lipinski definition) is 4. The Morgan fingerprint density at radius 1 is 1.22 bits per heavy atom. The molecule has 4 nitrogen and oxygen atoms in total. The summed E-state index contributed by atoms with van der Waals surface area (Å²) in [5.41, 5.74) is 0. The highest BCUT2D eigenvalue weighted by Crippen LogP contribution is 2.13. The highest BCUT2D eigenvalue weighted by atomic mass is 19.4. The first kappa shape index (κ1) is 17.6. The zero-order valence-electron chi connectivity index (χ0n) is 10.6. The summed E-state index contributed by atoms with van der Waals surface area (Å²) >= 11 is 0. The van der Waals surface area contributed by atoms with Crippen LogP contribution in [0.2, 0.25) is 0 Å². The van der Waals surface area contributed by atoms with Crippen molar-refractivity contribution in [2.75, 3.05) is 39.5 Å². The molecule has 0 spiro atoms. The number of unbranched alkanes of at least 4 members (excludes halogenated alkanes) is 1. The topological polar surface area (TPSA) is 50.7 Å². The lowest BCUT2D eigenvalue weighted by Gasteiger charge is -2.12. The molecule has 1 unspecified atom stereocenters. The second kappa shape index (κ2) is 10.5. The van der Waals surface area contributed by atoms with Crippen LogP contribution in [0.5, 0.6) is 0 Å². The van der Waals surface area contributed by atoms with E-state index in [2.05, 4.69) is 10.1 Å². The molecule has 1 atom stereocenters. The number of ether oxygens (including phenoxy) is 2. The Labute approximate surface area is 105 Å². The van der Waals surface area contributed by atoms with Crippen LogP contribution in [0.25, 0.3) is 0 Å². The lowest BCUT2D eigenvalue weighted by atomic mass is 10.3. The Morgan fingerprint density at radius 3 is 2.56 bits per heavy atom. The first-order chi connectivity index (χ1) is 8.45. The lowest BCUT2D eigenvalue weighted by molar-refractivity contribution is -0.173. The van der Waals surface area contributed by atoms with Crippen LogP contribution in [-0.4, -0.2) is 56.9 Å². The summed E-state index contributed by atoms with van der Waals surface area (Å²) in [7, 11) is 0. The van der Waals surface area contributed by atoms with Crippen molar-refractivity contribution >= 4 is 0 Å². The second-order valence-electron chi connectivity index (χ2n) is 3.95. The third-order valence-corrected chi connectivity index (χ3v) is 2.02. The van der Waals surface area contributed by atoms with E-state index in [4.69, 9.17) is 4.74 Å². The van der Waals surface area contributed by atoms with Crippen LogP contribution in [0.15, 0.2) is 0 Å². The fourth-order valence-corrected chi connectivity index (χ4v) is 1.13. The molecule has 0 heterocycles. The van der Waals surface area contributed by atoms with Gasteiger partial charge in [-0.2, -0.15) is 13.2 Å². The molecular formula is C11H22F3NO3. The zero-order chi connectivity index (χ0) is 13.9. The van der Waals surface area contributed by atoms with Crippen molar-refractivity contribution in [1.82, 2.24) is 5.32 Å². The Bertz CT molecular complexity index is 191. The largest absolute Gasteiger partial charge is 0.411 e. The Balaban J connectivity index is 3.22. The van der Waals surface area contributed by atoms with Gasteiger partial charge in [0.2, 0.25) is 0 Å². The molecule has 2 N–H and O–H groups in total. The van der Waals surface area contributed by atoms with Crippen molar-refractivity contribution < 1.29 is 27.8 Å². The van der Waals surface area contributed by atoms with Crippen molar-refractivity contribution in [2.45, 2.75) is 32.0 Å². The maximum atomic E-state index is 11.7. The maximum absolute atomic E-state index is 11.7. The zero-order valence-corrected chi connectivity index (χ0v) is 10.6. The normalized spacial score (nSPS) is 13.8. The lowest BCUT2D eigenvalue weighted by Crippen LogP contribution is -2.33. The average molecular weight is 273 g/mol. The molecule has 0 fully saturated rings. The summed E-state index contributed by atoms with van der Waals surface area (Å²) in [4.78, 5) is 0. The van der Waals surface area contributed by atoms with Gasteiger partial charge >= 0.3 is 6.18 Å². The molecule has 18 heavy (non-hydrogen) atoms. The van der Waals surface area contributed by atoms with Crippen LogP contribution in [-0.2, 0) is 9.47 Å². The Morgan fingerprint density at radius 2 is 1.94 bits per heavy atom. The standard InChI is InChI=1S/C11H22F3NO3/c1-2-3-5-17-8-10(16)7-15-4-6-18-9-11(12,13)14/h10,15-16H,2-9H2,1H3. The minimum Gasteiger partial charge on any atom is -0.389 e. The van der Waals surface area contributed by atoms with Crippen molar-refractivity contribution in [3.05, 3.63) is 0 Å². The minimum absolute atomic E-state index is 0.0388. The van der Waals surface area contributed by atoms with E-state index in [0.717, 1.165) is 12.8 Å². The van der Waals surface area contributed by atoms with Gasteiger partial charge < -0.3 is 19.9 Å². The molecule has 0 rings (SSSR count). The van der Waals surface area contributed by atoms with E-state index in [-0.39, 0.29) is 26.3 Å². The number of rotatable bonds is 11. The molecule has 110 valence electrons. The maximum Gasteiger partial charge on any atom is 0.411 e. The van der Waals surface area contributed by atoms with Crippen molar-refractivity contribution in [2.24, 2.45) is 0 Å². The number of alkyl halides is 3. The number of hydrogen-bond donors (Lipinski definition) is 2. The highest BCUT2D eigenvalue weighted by Gasteiger charge is 2.27. The summed E-state index contributed by atoms with van der Waals surface area (Å²) in [6, 6.07) is 0. The van der Waals surface area contributed by atoms with Crippen LogP contribution in [0.1, 0.15) is 19.8 Å². The second-order valence-corrected chi connectivity index (χ2v) is 3.95. The van der Waals surface area contributed by atoms with Crippen molar-refractivity contribution in [3.8, 4) is 0 Å². The SMILES string of the molecule is CCCCOCC(O)CNCCOCC(F)(F)F. The molecule has 0 radical (unpaired) electrons. The number of aliphatic hydroxyl groups excluding tert-OH is 1. The van der Waals surface area contributed by atoms with Gasteiger partial charge in [0, 0.05) is 19.7 Å². The molecule has 0 saturated heterocycles. The van der Waals surface area contributed by atoms with E-state index >= 15 is 0 Å². The van der Waals surface area contributed by atoms with Gasteiger partial charge in [0.15, 0.2) is 0 Å². The summed E-state index contributed by atoms with van der Waals surface area (Å²) in [5, 5.41) is 12.2. The number of aliphatic hydroxyl groups is 1. The minimum atomic E-state index is -4.29. The Kier molecular flexibility index (Phi) is 10.3. The van der Waals surface area contributed by atoms with Gasteiger partial charge in [0.05, 0.1) is 19.3 Å². The van der Waals surface area contributed by atoms with Gasteiger partial charge in [0.25, 0.3) is 0 Å². The molecule has 0 aliphatic carbocycles. The highest BCUT2D eigenvalue weighted by molar-refractivity contribution is 4.58. The molecular weight excluding hydrogens is 251 g/mol. The predicted octanol–water partition coefficient (Wildman–Crippen LogP) is 1.33. The van der Waals surface area contributed by atoms with E-state index in [1.165, 1.54) is 0 Å². The molecule has 0 aromatic carbocycles.